The summed E-state index contributed by atoms with van der Waals surface area (Å²) >= 11 is 0. The number of hydrogen-bond acceptors (Lipinski definition) is 5. The van der Waals surface area contributed by atoms with Crippen LogP contribution in [0.2, 0.25) is 0 Å². The van der Waals surface area contributed by atoms with E-state index in [0.29, 0.717) is 29.8 Å². The summed E-state index contributed by atoms with van der Waals surface area (Å²) in [6.45, 7) is 15.6. The molecule has 1 heterocycles. The van der Waals surface area contributed by atoms with Crippen LogP contribution < -0.4 is 15.8 Å². The summed E-state index contributed by atoms with van der Waals surface area (Å²) in [6, 6.07) is 0. The Balaban J connectivity index is 2.94. The summed E-state index contributed by atoms with van der Waals surface area (Å²) in [5.74, 6) is 1.80. The molecule has 0 aliphatic heterocycles. The number of anilines is 2. The highest BCUT2D eigenvalue weighted by atomic mass is 16.5. The van der Waals surface area contributed by atoms with Gasteiger partial charge in [-0.2, -0.15) is 4.98 Å². The third-order valence-corrected chi connectivity index (χ3v) is 3.19. The van der Waals surface area contributed by atoms with Gasteiger partial charge >= 0.3 is 0 Å². The van der Waals surface area contributed by atoms with Gasteiger partial charge in [0, 0.05) is 5.54 Å². The zero-order chi connectivity index (χ0) is 17.0. The molecule has 0 bridgehead atoms. The molecule has 1 aromatic rings. The van der Waals surface area contributed by atoms with Gasteiger partial charge in [-0.15, -0.1) is 0 Å². The molecule has 0 aliphatic rings. The van der Waals surface area contributed by atoms with Crippen molar-refractivity contribution in [1.29, 1.82) is 0 Å². The van der Waals surface area contributed by atoms with Crippen LogP contribution in [-0.2, 0) is 0 Å². The number of nitrogen functional groups attached to an aromatic ring is 1. The van der Waals surface area contributed by atoms with Gasteiger partial charge in [0.25, 0.3) is 0 Å². The van der Waals surface area contributed by atoms with Crippen LogP contribution in [-0.4, -0.2) is 22.1 Å². The zero-order valence-electron chi connectivity index (χ0n) is 15.2. The smallest absolute Gasteiger partial charge is 0.242 e. The molecular formula is C17H32N4O. The van der Waals surface area contributed by atoms with Gasteiger partial charge in [-0.3, -0.25) is 0 Å². The van der Waals surface area contributed by atoms with Gasteiger partial charge in [-0.1, -0.05) is 34.1 Å². The maximum atomic E-state index is 6.19. The molecule has 5 heteroatoms. The van der Waals surface area contributed by atoms with Gasteiger partial charge in [-0.05, 0) is 39.0 Å². The molecule has 22 heavy (non-hydrogen) atoms. The van der Waals surface area contributed by atoms with Crippen LogP contribution in [0.1, 0.15) is 66.6 Å². The number of ether oxygens (including phenoxy) is 1. The molecule has 0 aromatic carbocycles. The Hall–Kier alpha value is -1.52. The van der Waals surface area contributed by atoms with Crippen LogP contribution in [0.15, 0.2) is 0 Å². The molecule has 3 N–H and O–H groups in total. The Morgan fingerprint density at radius 2 is 1.77 bits per heavy atom. The van der Waals surface area contributed by atoms with Crippen LogP contribution in [0.4, 0.5) is 11.5 Å². The number of aryl methyl sites for hydroxylation is 1. The van der Waals surface area contributed by atoms with E-state index in [9.17, 15) is 0 Å². The summed E-state index contributed by atoms with van der Waals surface area (Å²) in [7, 11) is 0. The minimum absolute atomic E-state index is 0.117. The average molecular weight is 308 g/mol. The van der Waals surface area contributed by atoms with Gasteiger partial charge in [0.05, 0.1) is 6.61 Å². The normalized spacial score (nSPS) is 12.3. The van der Waals surface area contributed by atoms with Crippen molar-refractivity contribution in [3.05, 3.63) is 5.82 Å². The van der Waals surface area contributed by atoms with E-state index in [0.717, 1.165) is 19.3 Å². The number of unbranched alkanes of at least 4 members (excludes halogenated alkanes) is 1. The van der Waals surface area contributed by atoms with Gasteiger partial charge in [-0.25, -0.2) is 4.98 Å². The number of nitrogens with two attached hydrogens (primary N) is 1. The van der Waals surface area contributed by atoms with Gasteiger partial charge in [0.15, 0.2) is 5.82 Å². The van der Waals surface area contributed by atoms with E-state index in [1.165, 1.54) is 0 Å². The maximum Gasteiger partial charge on any atom is 0.242 e. The van der Waals surface area contributed by atoms with Crippen molar-refractivity contribution in [2.45, 2.75) is 73.3 Å². The van der Waals surface area contributed by atoms with Crippen LogP contribution in [0.5, 0.6) is 5.88 Å². The third-order valence-electron chi connectivity index (χ3n) is 3.19. The average Bonchev–Trinajstić information content (AvgIpc) is 2.31. The van der Waals surface area contributed by atoms with Crippen molar-refractivity contribution in [1.82, 2.24) is 9.97 Å². The van der Waals surface area contributed by atoms with Crippen molar-refractivity contribution in [3.63, 3.8) is 0 Å². The van der Waals surface area contributed by atoms with Crippen LogP contribution in [0.25, 0.3) is 0 Å². The van der Waals surface area contributed by atoms with Crippen molar-refractivity contribution in [2.24, 2.45) is 5.41 Å². The first-order chi connectivity index (χ1) is 10.0. The lowest BCUT2D eigenvalue weighted by Gasteiger charge is -2.34. The molecule has 0 atom stereocenters. The molecule has 0 amide bonds. The fourth-order valence-electron chi connectivity index (χ4n) is 2.76. The summed E-state index contributed by atoms with van der Waals surface area (Å²) in [5.41, 5.74) is 6.78. The summed E-state index contributed by atoms with van der Waals surface area (Å²) in [6.07, 6.45) is 3.06. The van der Waals surface area contributed by atoms with Gasteiger partial charge in [0.2, 0.25) is 5.88 Å². The first kappa shape index (κ1) is 18.5. The number of rotatable bonds is 7. The second-order valence-electron chi connectivity index (χ2n) is 7.79. The van der Waals surface area contributed by atoms with Crippen LogP contribution in [0.3, 0.4) is 0 Å². The Bertz CT molecular complexity index is 492. The van der Waals surface area contributed by atoms with Crippen molar-refractivity contribution in [3.8, 4) is 5.88 Å². The monoisotopic (exact) mass is 308 g/mol. The van der Waals surface area contributed by atoms with Crippen LogP contribution >= 0.6 is 0 Å². The fourth-order valence-corrected chi connectivity index (χ4v) is 2.76. The molecule has 1 aromatic heterocycles. The lowest BCUT2D eigenvalue weighted by Crippen LogP contribution is -2.36. The van der Waals surface area contributed by atoms with E-state index >= 15 is 0 Å². The molecule has 0 saturated carbocycles. The summed E-state index contributed by atoms with van der Waals surface area (Å²) < 4.78 is 5.70. The number of hydrogen-bond donors (Lipinski definition) is 2. The van der Waals surface area contributed by atoms with Gasteiger partial charge in [0.1, 0.15) is 11.5 Å². The number of nitrogens with one attached hydrogen (secondary N) is 1. The molecule has 5 nitrogen and oxygen atoms in total. The zero-order valence-corrected chi connectivity index (χ0v) is 15.2. The molecule has 0 fully saturated rings. The highest BCUT2D eigenvalue weighted by Crippen LogP contribution is 2.33. The number of nitrogens with zero attached hydrogens (tertiary/aromatic N) is 2. The van der Waals surface area contributed by atoms with Gasteiger partial charge < -0.3 is 15.8 Å². The van der Waals surface area contributed by atoms with E-state index in [4.69, 9.17) is 10.5 Å². The molecule has 0 saturated heterocycles. The second-order valence-corrected chi connectivity index (χ2v) is 7.79. The Morgan fingerprint density at radius 3 is 2.32 bits per heavy atom. The van der Waals surface area contributed by atoms with E-state index in [1.54, 1.807) is 0 Å². The minimum Gasteiger partial charge on any atom is -0.476 e. The predicted octanol–water partition coefficient (Wildman–Crippen LogP) is 4.17. The maximum absolute atomic E-state index is 6.19. The molecule has 0 aliphatic carbocycles. The van der Waals surface area contributed by atoms with E-state index in [2.05, 4.69) is 56.8 Å². The topological polar surface area (TPSA) is 73.1 Å². The quantitative estimate of drug-likeness (QED) is 0.739. The Labute approximate surface area is 135 Å². The first-order valence-corrected chi connectivity index (χ1v) is 8.09. The van der Waals surface area contributed by atoms with E-state index in [1.807, 2.05) is 6.92 Å². The summed E-state index contributed by atoms with van der Waals surface area (Å²) in [5, 5.41) is 3.46. The predicted molar refractivity (Wildman–Crippen MR) is 93.4 cm³/mol. The third kappa shape index (κ3) is 6.08. The highest BCUT2D eigenvalue weighted by Gasteiger charge is 2.27. The van der Waals surface area contributed by atoms with E-state index in [-0.39, 0.29) is 11.0 Å². The van der Waals surface area contributed by atoms with Crippen LogP contribution in [0, 0.1) is 12.3 Å². The fraction of sp³-hybridized carbons (Fsp3) is 0.765. The van der Waals surface area contributed by atoms with E-state index < -0.39 is 0 Å². The molecule has 0 radical (unpaired) electrons. The second kappa shape index (κ2) is 7.16. The Kier molecular flexibility index (Phi) is 6.03. The largest absolute Gasteiger partial charge is 0.476 e. The lowest BCUT2D eigenvalue weighted by atomic mass is 9.82. The standard InChI is InChI=1S/C17H32N4O/c1-8-9-10-22-15-13(18)14(19-12(2)20-15)21-17(6,7)11-16(3,4)5/h8-11,18H2,1-7H3,(H,19,20,21). The lowest BCUT2D eigenvalue weighted by molar-refractivity contribution is 0.296. The molecule has 0 spiro atoms. The minimum atomic E-state index is -0.117. The Morgan fingerprint density at radius 1 is 1.14 bits per heavy atom. The molecule has 1 rings (SSSR count). The molecule has 126 valence electrons. The van der Waals surface area contributed by atoms with Crippen molar-refractivity contribution >= 4 is 11.5 Å². The number of aromatic nitrogens is 2. The van der Waals surface area contributed by atoms with Crippen molar-refractivity contribution in [2.75, 3.05) is 17.7 Å². The summed E-state index contributed by atoms with van der Waals surface area (Å²) in [4.78, 5) is 8.76. The van der Waals surface area contributed by atoms with Crippen molar-refractivity contribution < 1.29 is 4.74 Å². The SMILES string of the molecule is CCCCOc1nc(C)nc(NC(C)(C)CC(C)(C)C)c1N. The molecular weight excluding hydrogens is 276 g/mol. The highest BCUT2D eigenvalue weighted by molar-refractivity contribution is 5.67. The first-order valence-electron chi connectivity index (χ1n) is 8.09. The molecule has 0 unspecified atom stereocenters.